The van der Waals surface area contributed by atoms with Gasteiger partial charge in [-0.1, -0.05) is 11.6 Å². The van der Waals surface area contributed by atoms with E-state index in [1.165, 1.54) is 11.0 Å². The van der Waals surface area contributed by atoms with Gasteiger partial charge in [0.05, 0.1) is 10.7 Å². The van der Waals surface area contributed by atoms with Crippen LogP contribution in [0.5, 0.6) is 0 Å². The third-order valence-electron chi connectivity index (χ3n) is 3.11. The first-order chi connectivity index (χ1) is 10.1. The number of hydrogen-bond acceptors (Lipinski definition) is 5. The number of amides is 1. The van der Waals surface area contributed by atoms with Gasteiger partial charge in [0.2, 0.25) is 15.0 Å². The van der Waals surface area contributed by atoms with Gasteiger partial charge in [0.25, 0.3) is 5.69 Å². The molecule has 1 fully saturated rings. The van der Waals surface area contributed by atoms with Crippen LogP contribution in [0.2, 0.25) is 5.02 Å². The number of anilines is 1. The van der Waals surface area contributed by atoms with Crippen molar-refractivity contribution in [1.82, 2.24) is 0 Å². The van der Waals surface area contributed by atoms with E-state index in [9.17, 15) is 23.3 Å². The Kier molecular flexibility index (Phi) is 5.00. The van der Waals surface area contributed by atoms with Crippen molar-refractivity contribution in [3.8, 4) is 0 Å². The molecular weight excluding hydrogens is 423 g/mol. The van der Waals surface area contributed by atoms with Crippen molar-refractivity contribution in [2.24, 2.45) is 5.92 Å². The van der Waals surface area contributed by atoms with Crippen LogP contribution in [0, 0.1) is 16.0 Å². The maximum atomic E-state index is 12.1. The molecule has 0 spiro atoms. The number of rotatable bonds is 4. The number of hydrogen-bond donors (Lipinski definition) is 0. The summed E-state index contributed by atoms with van der Waals surface area (Å²) in [5.74, 6) is -1.29. The number of nitro benzene ring substituents is 1. The predicted octanol–water partition coefficient (Wildman–Crippen LogP) is 2.93. The van der Waals surface area contributed by atoms with Gasteiger partial charge in [-0.25, -0.2) is 8.42 Å². The second kappa shape index (κ2) is 6.31. The average Bonchev–Trinajstić information content (AvgIpc) is 2.66. The van der Waals surface area contributed by atoms with E-state index in [1.54, 1.807) is 0 Å². The molecular formula is C11H9BrCl2N2O5S. The van der Waals surface area contributed by atoms with Gasteiger partial charge in [-0.15, -0.1) is 0 Å². The van der Waals surface area contributed by atoms with E-state index in [2.05, 4.69) is 15.9 Å². The largest absolute Gasteiger partial charge is 0.305 e. The maximum Gasteiger partial charge on any atom is 0.295 e. The number of carbonyl (C=O) groups is 1. The molecule has 1 amide bonds. The molecule has 1 aromatic rings. The second-order valence-electron chi connectivity index (χ2n) is 4.79. The Labute approximate surface area is 143 Å². The van der Waals surface area contributed by atoms with E-state index in [4.69, 9.17) is 22.3 Å². The molecule has 1 aliphatic rings. The zero-order chi connectivity index (χ0) is 16.7. The zero-order valence-corrected chi connectivity index (χ0v) is 14.7. The lowest BCUT2D eigenvalue weighted by atomic mass is 10.1. The molecule has 0 bridgehead atoms. The van der Waals surface area contributed by atoms with Gasteiger partial charge in [-0.3, -0.25) is 14.9 Å². The van der Waals surface area contributed by atoms with Gasteiger partial charge in [0.15, 0.2) is 0 Å². The van der Waals surface area contributed by atoms with Crippen LogP contribution in [-0.4, -0.2) is 31.5 Å². The van der Waals surface area contributed by atoms with Crippen molar-refractivity contribution < 1.29 is 18.1 Å². The predicted molar refractivity (Wildman–Crippen MR) is 85.9 cm³/mol. The van der Waals surface area contributed by atoms with Crippen molar-refractivity contribution in [3.63, 3.8) is 0 Å². The minimum atomic E-state index is -3.75. The Hall–Kier alpha value is -0.900. The lowest BCUT2D eigenvalue weighted by Gasteiger charge is -2.18. The van der Waals surface area contributed by atoms with Crippen molar-refractivity contribution >= 4 is 64.5 Å². The standard InChI is InChI=1S/C11H9BrCl2N2O5S/c12-8-2-7(13)3-9(16(18)19)11(8)15-4-6(1-10(15)17)5-22(14,20)21/h2-3,6H,1,4-5H2. The normalized spacial score (nSPS) is 18.8. The molecule has 1 atom stereocenters. The molecule has 1 unspecified atom stereocenters. The first-order valence-electron chi connectivity index (χ1n) is 5.94. The molecule has 0 saturated carbocycles. The molecule has 0 N–H and O–H groups in total. The fourth-order valence-electron chi connectivity index (χ4n) is 2.35. The van der Waals surface area contributed by atoms with Crippen LogP contribution in [0.25, 0.3) is 0 Å². The molecule has 1 aromatic carbocycles. The SMILES string of the molecule is O=C1CC(CS(=O)(=O)Cl)CN1c1c(Br)cc(Cl)cc1[N+](=O)[O-]. The van der Waals surface area contributed by atoms with Crippen molar-refractivity contribution in [1.29, 1.82) is 0 Å². The van der Waals surface area contributed by atoms with Gasteiger partial charge in [-0.05, 0) is 22.0 Å². The number of carbonyl (C=O) groups excluding carboxylic acids is 1. The second-order valence-corrected chi connectivity index (χ2v) is 8.90. The number of nitro groups is 1. The average molecular weight is 432 g/mol. The van der Waals surface area contributed by atoms with E-state index in [-0.39, 0.29) is 39.6 Å². The number of nitrogens with zero attached hydrogens (tertiary/aromatic N) is 2. The monoisotopic (exact) mass is 430 g/mol. The van der Waals surface area contributed by atoms with Crippen LogP contribution in [0.1, 0.15) is 6.42 Å². The summed E-state index contributed by atoms with van der Waals surface area (Å²) in [5, 5.41) is 11.3. The third-order valence-corrected chi connectivity index (χ3v) is 5.18. The minimum Gasteiger partial charge on any atom is -0.305 e. The van der Waals surface area contributed by atoms with Crippen LogP contribution in [0.3, 0.4) is 0 Å². The van der Waals surface area contributed by atoms with Crippen LogP contribution in [0.4, 0.5) is 11.4 Å². The lowest BCUT2D eigenvalue weighted by molar-refractivity contribution is -0.384. The minimum absolute atomic E-state index is 0.0336. The van der Waals surface area contributed by atoms with Crippen molar-refractivity contribution in [3.05, 3.63) is 31.7 Å². The molecule has 7 nitrogen and oxygen atoms in total. The summed E-state index contributed by atoms with van der Waals surface area (Å²) >= 11 is 8.95. The summed E-state index contributed by atoms with van der Waals surface area (Å²) in [6.45, 7) is 0.0336. The molecule has 1 saturated heterocycles. The Balaban J connectivity index is 2.40. The van der Waals surface area contributed by atoms with Gasteiger partial charge in [0.1, 0.15) is 5.69 Å². The summed E-state index contributed by atoms with van der Waals surface area (Å²) < 4.78 is 22.5. The summed E-state index contributed by atoms with van der Waals surface area (Å²) in [6.07, 6.45) is -0.0435. The highest BCUT2D eigenvalue weighted by Gasteiger charge is 2.37. The smallest absolute Gasteiger partial charge is 0.295 e. The van der Waals surface area contributed by atoms with Gasteiger partial charge in [0, 0.05) is 45.1 Å². The Morgan fingerprint density at radius 3 is 2.64 bits per heavy atom. The fourth-order valence-corrected chi connectivity index (χ4v) is 4.68. The highest BCUT2D eigenvalue weighted by molar-refractivity contribution is 9.10. The maximum absolute atomic E-state index is 12.1. The molecule has 11 heteroatoms. The van der Waals surface area contributed by atoms with Crippen LogP contribution in [0.15, 0.2) is 16.6 Å². The number of benzene rings is 1. The van der Waals surface area contributed by atoms with E-state index in [1.807, 2.05) is 0 Å². The highest BCUT2D eigenvalue weighted by atomic mass is 79.9. The van der Waals surface area contributed by atoms with Crippen molar-refractivity contribution in [2.75, 3.05) is 17.2 Å². The molecule has 22 heavy (non-hydrogen) atoms. The summed E-state index contributed by atoms with van der Waals surface area (Å²) in [5.41, 5.74) is -0.268. The fraction of sp³-hybridized carbons (Fsp3) is 0.364. The van der Waals surface area contributed by atoms with Crippen LogP contribution in [-0.2, 0) is 13.8 Å². The lowest BCUT2D eigenvalue weighted by Crippen LogP contribution is -2.26. The van der Waals surface area contributed by atoms with Crippen LogP contribution >= 0.6 is 38.2 Å². The Morgan fingerprint density at radius 1 is 1.45 bits per heavy atom. The van der Waals surface area contributed by atoms with E-state index in [0.717, 1.165) is 6.07 Å². The molecule has 120 valence electrons. The summed E-state index contributed by atoms with van der Waals surface area (Å²) in [4.78, 5) is 23.8. The Morgan fingerprint density at radius 2 is 2.09 bits per heavy atom. The summed E-state index contributed by atoms with van der Waals surface area (Å²) in [6, 6.07) is 2.57. The highest BCUT2D eigenvalue weighted by Crippen LogP contribution is 2.41. The first-order valence-corrected chi connectivity index (χ1v) is 9.59. The van der Waals surface area contributed by atoms with Gasteiger partial charge >= 0.3 is 0 Å². The molecule has 2 rings (SSSR count). The van der Waals surface area contributed by atoms with Crippen LogP contribution < -0.4 is 4.90 Å². The van der Waals surface area contributed by atoms with E-state index < -0.39 is 25.8 Å². The van der Waals surface area contributed by atoms with Crippen molar-refractivity contribution in [2.45, 2.75) is 6.42 Å². The Bertz CT molecular complexity index is 755. The van der Waals surface area contributed by atoms with Gasteiger partial charge in [-0.2, -0.15) is 0 Å². The molecule has 1 aliphatic heterocycles. The summed E-state index contributed by atoms with van der Waals surface area (Å²) in [7, 11) is 1.44. The molecule has 1 heterocycles. The van der Waals surface area contributed by atoms with E-state index in [0.29, 0.717) is 0 Å². The molecule has 0 aromatic heterocycles. The molecule has 0 aliphatic carbocycles. The molecule has 0 radical (unpaired) electrons. The van der Waals surface area contributed by atoms with E-state index >= 15 is 0 Å². The number of halogens is 3. The van der Waals surface area contributed by atoms with Gasteiger partial charge < -0.3 is 4.90 Å². The first kappa shape index (κ1) is 17.5. The quantitative estimate of drug-likeness (QED) is 0.414. The topological polar surface area (TPSA) is 97.6 Å². The third kappa shape index (κ3) is 3.89. The zero-order valence-electron chi connectivity index (χ0n) is 10.8.